The number of hydrogen-bond acceptors (Lipinski definition) is 3. The van der Waals surface area contributed by atoms with E-state index in [1.54, 1.807) is 6.92 Å². The van der Waals surface area contributed by atoms with Crippen molar-refractivity contribution >= 4 is 11.6 Å². The lowest BCUT2D eigenvalue weighted by Crippen LogP contribution is -2.32. The van der Waals surface area contributed by atoms with Crippen molar-refractivity contribution in [1.82, 2.24) is 5.32 Å². The normalized spacial score (nSPS) is 18.5. The molecule has 1 amide bonds. The van der Waals surface area contributed by atoms with Crippen LogP contribution in [0.15, 0.2) is 48.5 Å². The molecule has 1 aliphatic heterocycles. The minimum atomic E-state index is 0.0110. The summed E-state index contributed by atoms with van der Waals surface area (Å²) in [4.78, 5) is 13.7. The van der Waals surface area contributed by atoms with E-state index < -0.39 is 0 Å². The summed E-state index contributed by atoms with van der Waals surface area (Å²) in [5.41, 5.74) is 3.86. The quantitative estimate of drug-likeness (QED) is 0.665. The number of ether oxygens (including phenoxy) is 1. The lowest BCUT2D eigenvalue weighted by atomic mass is 9.86. The largest absolute Gasteiger partial charge is 0.493 e. The minimum absolute atomic E-state index is 0.0110. The van der Waals surface area contributed by atoms with Crippen LogP contribution in [0.4, 0.5) is 5.69 Å². The average Bonchev–Trinajstić information content (AvgIpc) is 2.73. The first-order valence-electron chi connectivity index (χ1n) is 11.4. The van der Waals surface area contributed by atoms with Crippen LogP contribution in [0, 0.1) is 5.92 Å². The van der Waals surface area contributed by atoms with Crippen LogP contribution in [0.1, 0.15) is 69.0 Å². The van der Waals surface area contributed by atoms with E-state index in [-0.39, 0.29) is 11.9 Å². The summed E-state index contributed by atoms with van der Waals surface area (Å²) in [6, 6.07) is 17.5. The Balaban J connectivity index is 1.27. The fraction of sp³-hybridized carbons (Fsp3) is 0.500. The molecule has 1 atom stereocenters. The zero-order valence-electron chi connectivity index (χ0n) is 18.3. The Morgan fingerprint density at radius 3 is 2.27 bits per heavy atom. The van der Waals surface area contributed by atoms with Crippen LogP contribution in [0.2, 0.25) is 0 Å². The maximum Gasteiger partial charge on any atom is 0.217 e. The fourth-order valence-corrected chi connectivity index (χ4v) is 4.54. The molecule has 0 radical (unpaired) electrons. The second-order valence-electron chi connectivity index (χ2n) is 8.95. The third-order valence-electron chi connectivity index (χ3n) is 6.73. The maximum absolute atomic E-state index is 11.3. The standard InChI is InChI=1S/C26H34N2O2/c1-19(27-20(2)29)22-6-8-23(9-7-22)24-14-16-28(17-15-24)25-10-12-26(13-11-25)30-18-21-4-3-5-21/h6-13,19,21,24H,3-5,14-18H2,1-2H3,(H,27,29)/t19-/m0/s1. The summed E-state index contributed by atoms with van der Waals surface area (Å²) in [5.74, 6) is 2.38. The van der Waals surface area contributed by atoms with Crippen molar-refractivity contribution in [2.75, 3.05) is 24.6 Å². The number of hydrogen-bond donors (Lipinski definition) is 1. The summed E-state index contributed by atoms with van der Waals surface area (Å²) in [6.07, 6.45) is 6.35. The molecule has 2 aliphatic rings. The van der Waals surface area contributed by atoms with Crippen LogP contribution < -0.4 is 15.0 Å². The molecule has 1 heterocycles. The number of nitrogens with zero attached hydrogens (tertiary/aromatic N) is 1. The number of nitrogens with one attached hydrogen (secondary N) is 1. The second-order valence-corrected chi connectivity index (χ2v) is 8.95. The number of piperidine rings is 1. The van der Waals surface area contributed by atoms with Gasteiger partial charge in [0.05, 0.1) is 12.6 Å². The van der Waals surface area contributed by atoms with E-state index >= 15 is 0 Å². The maximum atomic E-state index is 11.3. The number of carbonyl (C=O) groups excluding carboxylic acids is 1. The molecule has 1 aliphatic carbocycles. The molecule has 2 fully saturated rings. The second kappa shape index (κ2) is 9.55. The molecule has 0 bridgehead atoms. The van der Waals surface area contributed by atoms with E-state index in [2.05, 4.69) is 58.7 Å². The predicted octanol–water partition coefficient (Wildman–Crippen LogP) is 5.45. The number of anilines is 1. The summed E-state index contributed by atoms with van der Waals surface area (Å²) in [5, 5.41) is 2.95. The van der Waals surface area contributed by atoms with Crippen molar-refractivity contribution in [3.63, 3.8) is 0 Å². The molecular weight excluding hydrogens is 372 g/mol. The Morgan fingerprint density at radius 1 is 1.03 bits per heavy atom. The van der Waals surface area contributed by atoms with Gasteiger partial charge in [0, 0.05) is 25.7 Å². The van der Waals surface area contributed by atoms with Crippen molar-refractivity contribution in [3.8, 4) is 5.75 Å². The first kappa shape index (κ1) is 20.8. The van der Waals surface area contributed by atoms with Crippen LogP contribution in [0.3, 0.4) is 0 Å². The van der Waals surface area contributed by atoms with Gasteiger partial charge in [-0.3, -0.25) is 4.79 Å². The van der Waals surface area contributed by atoms with E-state index in [1.165, 1.54) is 43.4 Å². The minimum Gasteiger partial charge on any atom is -0.493 e. The first-order valence-corrected chi connectivity index (χ1v) is 11.4. The third-order valence-corrected chi connectivity index (χ3v) is 6.73. The highest BCUT2D eigenvalue weighted by atomic mass is 16.5. The Labute approximate surface area is 180 Å². The van der Waals surface area contributed by atoms with Gasteiger partial charge >= 0.3 is 0 Å². The van der Waals surface area contributed by atoms with Gasteiger partial charge in [0.15, 0.2) is 0 Å². The molecular formula is C26H34N2O2. The molecule has 4 heteroatoms. The summed E-state index contributed by atoms with van der Waals surface area (Å²) >= 11 is 0. The zero-order valence-corrected chi connectivity index (χ0v) is 18.3. The van der Waals surface area contributed by atoms with Gasteiger partial charge in [-0.15, -0.1) is 0 Å². The Bertz CT molecular complexity index is 819. The number of benzene rings is 2. The van der Waals surface area contributed by atoms with Crippen molar-refractivity contribution in [3.05, 3.63) is 59.7 Å². The molecule has 1 N–H and O–H groups in total. The van der Waals surface area contributed by atoms with Gasteiger partial charge in [0.1, 0.15) is 5.75 Å². The Morgan fingerprint density at radius 2 is 1.70 bits per heavy atom. The summed E-state index contributed by atoms with van der Waals surface area (Å²) < 4.78 is 5.93. The smallest absolute Gasteiger partial charge is 0.217 e. The van der Waals surface area contributed by atoms with Gasteiger partial charge in [-0.1, -0.05) is 30.7 Å². The van der Waals surface area contributed by atoms with Gasteiger partial charge in [-0.2, -0.15) is 0 Å². The molecule has 1 saturated heterocycles. The Kier molecular flexibility index (Phi) is 6.61. The van der Waals surface area contributed by atoms with Crippen LogP contribution in [0.5, 0.6) is 5.75 Å². The van der Waals surface area contributed by atoms with Gasteiger partial charge in [0.2, 0.25) is 5.91 Å². The van der Waals surface area contributed by atoms with Crippen LogP contribution >= 0.6 is 0 Å². The molecule has 1 saturated carbocycles. The SMILES string of the molecule is CC(=O)N[C@@H](C)c1ccc(C2CCN(c3ccc(OCC4CCC4)cc3)CC2)cc1. The molecule has 30 heavy (non-hydrogen) atoms. The third kappa shape index (κ3) is 5.16. The highest BCUT2D eigenvalue weighted by Gasteiger charge is 2.21. The molecule has 2 aromatic carbocycles. The van der Waals surface area contributed by atoms with Gasteiger partial charge in [0.25, 0.3) is 0 Å². The highest BCUT2D eigenvalue weighted by molar-refractivity contribution is 5.73. The van der Waals surface area contributed by atoms with Crippen LogP contribution in [-0.2, 0) is 4.79 Å². The predicted molar refractivity (Wildman–Crippen MR) is 122 cm³/mol. The lowest BCUT2D eigenvalue weighted by Gasteiger charge is -2.34. The number of carbonyl (C=O) groups is 1. The fourth-order valence-electron chi connectivity index (χ4n) is 4.54. The van der Waals surface area contributed by atoms with Crippen molar-refractivity contribution < 1.29 is 9.53 Å². The molecule has 2 aromatic rings. The van der Waals surface area contributed by atoms with E-state index in [0.29, 0.717) is 5.92 Å². The molecule has 0 spiro atoms. The van der Waals surface area contributed by atoms with Gasteiger partial charge in [-0.25, -0.2) is 0 Å². The van der Waals surface area contributed by atoms with Gasteiger partial charge in [-0.05, 0) is 79.8 Å². The monoisotopic (exact) mass is 406 g/mol. The summed E-state index contributed by atoms with van der Waals surface area (Å²) in [6.45, 7) is 6.62. The lowest BCUT2D eigenvalue weighted by molar-refractivity contribution is -0.119. The van der Waals surface area contributed by atoms with Crippen molar-refractivity contribution in [2.45, 2.75) is 57.9 Å². The van der Waals surface area contributed by atoms with Crippen LogP contribution in [-0.4, -0.2) is 25.6 Å². The van der Waals surface area contributed by atoms with Crippen molar-refractivity contribution in [1.29, 1.82) is 0 Å². The number of amides is 1. The van der Waals surface area contributed by atoms with Gasteiger partial charge < -0.3 is 15.0 Å². The van der Waals surface area contributed by atoms with Crippen molar-refractivity contribution in [2.24, 2.45) is 5.92 Å². The van der Waals surface area contributed by atoms with E-state index in [0.717, 1.165) is 36.9 Å². The summed E-state index contributed by atoms with van der Waals surface area (Å²) in [7, 11) is 0. The molecule has 4 rings (SSSR count). The molecule has 4 nitrogen and oxygen atoms in total. The molecule has 160 valence electrons. The van der Waals surface area contributed by atoms with E-state index in [9.17, 15) is 4.79 Å². The highest BCUT2D eigenvalue weighted by Crippen LogP contribution is 2.32. The molecule has 0 aromatic heterocycles. The number of rotatable bonds is 7. The van der Waals surface area contributed by atoms with Crippen LogP contribution in [0.25, 0.3) is 0 Å². The average molecular weight is 407 g/mol. The first-order chi connectivity index (χ1) is 14.6. The Hall–Kier alpha value is -2.49. The van der Waals surface area contributed by atoms with E-state index in [4.69, 9.17) is 4.74 Å². The van der Waals surface area contributed by atoms with E-state index in [1.807, 2.05) is 6.92 Å². The topological polar surface area (TPSA) is 41.6 Å². The molecule has 0 unspecified atom stereocenters. The zero-order chi connectivity index (χ0) is 20.9.